The van der Waals surface area contributed by atoms with Crippen molar-refractivity contribution in [3.63, 3.8) is 0 Å². The first-order valence-corrected chi connectivity index (χ1v) is 5.95. The molecule has 0 amide bonds. The summed E-state index contributed by atoms with van der Waals surface area (Å²) in [6.45, 7) is 0.515. The van der Waals surface area contributed by atoms with E-state index in [9.17, 15) is 4.39 Å². The lowest BCUT2D eigenvalue weighted by Crippen LogP contribution is -1.98. The maximum Gasteiger partial charge on any atom is 0.129 e. The van der Waals surface area contributed by atoms with E-state index in [1.54, 1.807) is 18.2 Å². The van der Waals surface area contributed by atoms with Crippen molar-refractivity contribution in [1.82, 2.24) is 0 Å². The zero-order valence-electron chi connectivity index (χ0n) is 10.4. The Morgan fingerprint density at radius 3 is 2.74 bits per heavy atom. The highest BCUT2D eigenvalue weighted by Crippen LogP contribution is 2.15. The molecule has 96 valence electrons. The van der Waals surface area contributed by atoms with Crippen molar-refractivity contribution < 1.29 is 9.13 Å². The van der Waals surface area contributed by atoms with Crippen molar-refractivity contribution in [2.75, 3.05) is 6.54 Å². The Bertz CT molecular complexity index is 613. The molecule has 0 aliphatic rings. The predicted octanol–water partition coefficient (Wildman–Crippen LogP) is 2.71. The third kappa shape index (κ3) is 3.84. The van der Waals surface area contributed by atoms with Gasteiger partial charge in [-0.25, -0.2) is 4.39 Å². The average molecular weight is 255 g/mol. The average Bonchev–Trinajstić information content (AvgIpc) is 2.45. The minimum atomic E-state index is -0.262. The van der Waals surface area contributed by atoms with Gasteiger partial charge in [0.05, 0.1) is 6.54 Å². The number of ether oxygens (including phenoxy) is 1. The summed E-state index contributed by atoms with van der Waals surface area (Å²) in [5, 5.41) is 0. The summed E-state index contributed by atoms with van der Waals surface area (Å²) < 4.78 is 19.0. The molecule has 2 aromatic rings. The zero-order valence-corrected chi connectivity index (χ0v) is 10.4. The van der Waals surface area contributed by atoms with E-state index in [1.165, 1.54) is 6.07 Å². The molecule has 19 heavy (non-hydrogen) atoms. The molecule has 0 saturated carbocycles. The molecule has 3 heteroatoms. The maximum atomic E-state index is 13.4. The van der Waals surface area contributed by atoms with Crippen LogP contribution in [0.3, 0.4) is 0 Å². The van der Waals surface area contributed by atoms with Crippen molar-refractivity contribution in [3.05, 3.63) is 65.5 Å². The second kappa shape index (κ2) is 6.58. The number of nitrogens with two attached hydrogens (primary N) is 1. The van der Waals surface area contributed by atoms with Crippen LogP contribution in [0.25, 0.3) is 0 Å². The van der Waals surface area contributed by atoms with Crippen LogP contribution in [0.4, 0.5) is 4.39 Å². The smallest absolute Gasteiger partial charge is 0.129 e. The molecule has 2 N–H and O–H groups in total. The Labute approximate surface area is 112 Å². The van der Waals surface area contributed by atoms with Gasteiger partial charge in [0, 0.05) is 11.1 Å². The normalized spacial score (nSPS) is 9.58. The van der Waals surface area contributed by atoms with E-state index in [-0.39, 0.29) is 12.4 Å². The number of rotatable bonds is 3. The largest absolute Gasteiger partial charge is 0.489 e. The van der Waals surface area contributed by atoms with Crippen LogP contribution in [0.5, 0.6) is 5.75 Å². The van der Waals surface area contributed by atoms with Crippen molar-refractivity contribution >= 4 is 0 Å². The summed E-state index contributed by atoms with van der Waals surface area (Å²) in [5.41, 5.74) is 6.68. The van der Waals surface area contributed by atoms with E-state index in [1.807, 2.05) is 24.3 Å². The Morgan fingerprint density at radius 2 is 1.95 bits per heavy atom. The number of benzene rings is 2. The standard InChI is InChI=1S/C16H14FNO/c17-16-9-2-1-7-14(16)12-19-15-8-3-5-13(11-15)6-4-10-18/h1-3,5,7-9,11H,10,12,18H2. The van der Waals surface area contributed by atoms with Crippen LogP contribution < -0.4 is 10.5 Å². The minimum absolute atomic E-state index is 0.195. The molecule has 0 atom stereocenters. The molecule has 0 saturated heterocycles. The predicted molar refractivity (Wildman–Crippen MR) is 73.1 cm³/mol. The second-order valence-corrected chi connectivity index (χ2v) is 3.91. The molecule has 0 aliphatic heterocycles. The van der Waals surface area contributed by atoms with Gasteiger partial charge in [-0.2, -0.15) is 0 Å². The van der Waals surface area contributed by atoms with Crippen molar-refractivity contribution in [1.29, 1.82) is 0 Å². The minimum Gasteiger partial charge on any atom is -0.489 e. The summed E-state index contributed by atoms with van der Waals surface area (Å²) in [6, 6.07) is 13.9. The van der Waals surface area contributed by atoms with Gasteiger partial charge in [0.15, 0.2) is 0 Å². The first-order chi connectivity index (χ1) is 9.29. The summed E-state index contributed by atoms with van der Waals surface area (Å²) >= 11 is 0. The zero-order chi connectivity index (χ0) is 13.5. The molecule has 0 fully saturated rings. The van der Waals surface area contributed by atoms with Gasteiger partial charge < -0.3 is 10.5 Å². The van der Waals surface area contributed by atoms with Crippen molar-refractivity contribution in [2.24, 2.45) is 5.73 Å². The monoisotopic (exact) mass is 255 g/mol. The van der Waals surface area contributed by atoms with E-state index in [0.29, 0.717) is 17.9 Å². The molecule has 0 aromatic heterocycles. The molecule has 0 unspecified atom stereocenters. The highest BCUT2D eigenvalue weighted by Gasteiger charge is 2.01. The summed E-state index contributed by atoms with van der Waals surface area (Å²) in [7, 11) is 0. The number of hydrogen-bond acceptors (Lipinski definition) is 2. The highest BCUT2D eigenvalue weighted by molar-refractivity contribution is 5.40. The third-order valence-electron chi connectivity index (χ3n) is 2.52. The highest BCUT2D eigenvalue weighted by atomic mass is 19.1. The third-order valence-corrected chi connectivity index (χ3v) is 2.52. The molecule has 2 aromatic carbocycles. The fourth-order valence-electron chi connectivity index (χ4n) is 1.59. The molecule has 2 rings (SSSR count). The van der Waals surface area contributed by atoms with Crippen LogP contribution in [0.1, 0.15) is 11.1 Å². The van der Waals surface area contributed by atoms with Gasteiger partial charge in [0.25, 0.3) is 0 Å². The first kappa shape index (κ1) is 13.1. The fourth-order valence-corrected chi connectivity index (χ4v) is 1.59. The van der Waals surface area contributed by atoms with Gasteiger partial charge in [0.2, 0.25) is 0 Å². The summed E-state index contributed by atoms with van der Waals surface area (Å²) in [5.74, 6) is 6.10. The van der Waals surface area contributed by atoms with E-state index >= 15 is 0 Å². The summed E-state index contributed by atoms with van der Waals surface area (Å²) in [6.07, 6.45) is 0. The molecule has 0 aliphatic carbocycles. The van der Waals surface area contributed by atoms with Crippen LogP contribution in [-0.2, 0) is 6.61 Å². The molecular weight excluding hydrogens is 241 g/mol. The topological polar surface area (TPSA) is 35.2 Å². The van der Waals surface area contributed by atoms with E-state index in [2.05, 4.69) is 11.8 Å². The van der Waals surface area contributed by atoms with E-state index < -0.39 is 0 Å². The van der Waals surface area contributed by atoms with Gasteiger partial charge in [-0.3, -0.25) is 0 Å². The van der Waals surface area contributed by atoms with Crippen LogP contribution in [0, 0.1) is 17.7 Å². The molecule has 0 spiro atoms. The van der Waals surface area contributed by atoms with Gasteiger partial charge in [-0.1, -0.05) is 36.1 Å². The number of hydrogen-bond donors (Lipinski definition) is 1. The lowest BCUT2D eigenvalue weighted by molar-refractivity contribution is 0.300. The van der Waals surface area contributed by atoms with Crippen LogP contribution in [0.2, 0.25) is 0 Å². The summed E-state index contributed by atoms with van der Waals surface area (Å²) in [4.78, 5) is 0. The Morgan fingerprint density at radius 1 is 1.11 bits per heavy atom. The van der Waals surface area contributed by atoms with Crippen LogP contribution in [0.15, 0.2) is 48.5 Å². The lowest BCUT2D eigenvalue weighted by atomic mass is 10.2. The Balaban J connectivity index is 2.06. The Hall–Kier alpha value is -2.31. The lowest BCUT2D eigenvalue weighted by Gasteiger charge is -2.07. The van der Waals surface area contributed by atoms with Gasteiger partial charge in [-0.05, 0) is 24.3 Å². The molecule has 0 bridgehead atoms. The molecule has 2 nitrogen and oxygen atoms in total. The van der Waals surface area contributed by atoms with Gasteiger partial charge in [0.1, 0.15) is 18.2 Å². The van der Waals surface area contributed by atoms with E-state index in [4.69, 9.17) is 10.5 Å². The SMILES string of the molecule is NCC#Cc1cccc(OCc2ccccc2F)c1. The van der Waals surface area contributed by atoms with Crippen molar-refractivity contribution in [3.8, 4) is 17.6 Å². The first-order valence-electron chi connectivity index (χ1n) is 5.95. The van der Waals surface area contributed by atoms with Crippen LogP contribution in [-0.4, -0.2) is 6.54 Å². The quantitative estimate of drug-likeness (QED) is 0.856. The molecule has 0 radical (unpaired) electrons. The van der Waals surface area contributed by atoms with Crippen LogP contribution >= 0.6 is 0 Å². The van der Waals surface area contributed by atoms with E-state index in [0.717, 1.165) is 5.56 Å². The molecule has 0 heterocycles. The Kier molecular flexibility index (Phi) is 4.54. The second-order valence-electron chi connectivity index (χ2n) is 3.91. The maximum absolute atomic E-state index is 13.4. The van der Waals surface area contributed by atoms with Gasteiger partial charge >= 0.3 is 0 Å². The number of halogens is 1. The van der Waals surface area contributed by atoms with Crippen molar-refractivity contribution in [2.45, 2.75) is 6.61 Å². The molecular formula is C16H14FNO. The van der Waals surface area contributed by atoms with Gasteiger partial charge in [-0.15, -0.1) is 0 Å². The fraction of sp³-hybridized carbons (Fsp3) is 0.125.